The molecule has 0 fully saturated rings. The number of nitrogens with zero attached hydrogens (tertiary/aromatic N) is 1. The van der Waals surface area contributed by atoms with Gasteiger partial charge in [0.2, 0.25) is 0 Å². The third-order valence-electron chi connectivity index (χ3n) is 3.09. The third kappa shape index (κ3) is 3.70. The van der Waals surface area contributed by atoms with Crippen molar-refractivity contribution in [3.8, 4) is 5.75 Å². The summed E-state index contributed by atoms with van der Waals surface area (Å²) in [6, 6.07) is 8.17. The molecule has 0 saturated heterocycles. The molecule has 1 rings (SSSR count). The molecule has 0 N–H and O–H groups in total. The fourth-order valence-corrected chi connectivity index (χ4v) is 1.47. The van der Waals surface area contributed by atoms with Gasteiger partial charge in [0.05, 0.1) is 0 Å². The van der Waals surface area contributed by atoms with Crippen molar-refractivity contribution in [3.63, 3.8) is 0 Å². The Labute approximate surface area is 110 Å². The van der Waals surface area contributed by atoms with E-state index in [1.165, 1.54) is 5.56 Å². The van der Waals surface area contributed by atoms with Crippen LogP contribution in [0.4, 0.5) is 0 Å². The summed E-state index contributed by atoms with van der Waals surface area (Å²) < 4.78 is 5.53. The highest BCUT2D eigenvalue weighted by Crippen LogP contribution is 2.28. The molecule has 0 bridgehead atoms. The number of benzene rings is 1. The van der Waals surface area contributed by atoms with Crippen LogP contribution in [0.5, 0.6) is 5.75 Å². The van der Waals surface area contributed by atoms with Gasteiger partial charge in [-0.15, -0.1) is 0 Å². The zero-order valence-corrected chi connectivity index (χ0v) is 12.1. The molecule has 0 aliphatic rings. The van der Waals surface area contributed by atoms with Crippen LogP contribution in [0.15, 0.2) is 24.3 Å². The van der Waals surface area contributed by atoms with E-state index >= 15 is 0 Å². The summed E-state index contributed by atoms with van der Waals surface area (Å²) in [5.41, 5.74) is 1.53. The van der Waals surface area contributed by atoms with Gasteiger partial charge in [0.1, 0.15) is 5.75 Å². The molecule has 17 heavy (non-hydrogen) atoms. The lowest BCUT2D eigenvalue weighted by atomic mass is 9.82. The van der Waals surface area contributed by atoms with Crippen LogP contribution >= 0.6 is 12.2 Å². The summed E-state index contributed by atoms with van der Waals surface area (Å²) in [6.45, 7) is 6.69. The van der Waals surface area contributed by atoms with Crippen molar-refractivity contribution in [3.05, 3.63) is 29.8 Å². The van der Waals surface area contributed by atoms with Gasteiger partial charge in [0.25, 0.3) is 5.17 Å². The van der Waals surface area contributed by atoms with Gasteiger partial charge in [0, 0.05) is 14.1 Å². The molecule has 2 nitrogen and oxygen atoms in total. The first kappa shape index (κ1) is 14.0. The van der Waals surface area contributed by atoms with Gasteiger partial charge in [-0.05, 0) is 41.7 Å². The zero-order valence-electron chi connectivity index (χ0n) is 11.3. The molecular formula is C14H21NOS. The summed E-state index contributed by atoms with van der Waals surface area (Å²) in [5, 5.41) is 0.479. The molecule has 0 aromatic heterocycles. The van der Waals surface area contributed by atoms with Gasteiger partial charge in [-0.1, -0.05) is 32.9 Å². The maximum atomic E-state index is 5.53. The number of hydrogen-bond acceptors (Lipinski definition) is 2. The fourth-order valence-electron chi connectivity index (χ4n) is 1.37. The van der Waals surface area contributed by atoms with Crippen molar-refractivity contribution in [2.24, 2.45) is 0 Å². The second-order valence-corrected chi connectivity index (χ2v) is 5.37. The first-order chi connectivity index (χ1) is 7.86. The van der Waals surface area contributed by atoms with Crippen LogP contribution in [0.25, 0.3) is 0 Å². The molecule has 0 spiro atoms. The Morgan fingerprint density at radius 2 is 1.76 bits per heavy atom. The highest BCUT2D eigenvalue weighted by molar-refractivity contribution is 7.80. The normalized spacial score (nSPS) is 11.1. The fraction of sp³-hybridized carbons (Fsp3) is 0.500. The molecule has 94 valence electrons. The predicted octanol–water partition coefficient (Wildman–Crippen LogP) is 3.60. The summed E-state index contributed by atoms with van der Waals surface area (Å²) >= 11 is 5.09. The average Bonchev–Trinajstić information content (AvgIpc) is 2.29. The Hall–Kier alpha value is -1.09. The van der Waals surface area contributed by atoms with E-state index in [1.54, 1.807) is 4.90 Å². The third-order valence-corrected chi connectivity index (χ3v) is 3.54. The van der Waals surface area contributed by atoms with Crippen LogP contribution in [-0.2, 0) is 5.41 Å². The molecule has 0 atom stereocenters. The van der Waals surface area contributed by atoms with Gasteiger partial charge in [-0.3, -0.25) is 0 Å². The van der Waals surface area contributed by atoms with E-state index in [1.807, 2.05) is 26.2 Å². The minimum Gasteiger partial charge on any atom is -0.432 e. The van der Waals surface area contributed by atoms with Crippen LogP contribution in [0.1, 0.15) is 32.8 Å². The minimum atomic E-state index is 0.209. The van der Waals surface area contributed by atoms with Gasteiger partial charge < -0.3 is 9.64 Å². The summed E-state index contributed by atoms with van der Waals surface area (Å²) in [6.07, 6.45) is 1.11. The van der Waals surface area contributed by atoms with Crippen molar-refractivity contribution < 1.29 is 4.74 Å². The molecule has 0 radical (unpaired) electrons. The molecular weight excluding hydrogens is 230 g/mol. The lowest BCUT2D eigenvalue weighted by molar-refractivity contribution is 0.448. The van der Waals surface area contributed by atoms with Crippen molar-refractivity contribution >= 4 is 17.4 Å². The van der Waals surface area contributed by atoms with E-state index in [9.17, 15) is 0 Å². The Morgan fingerprint density at radius 3 is 2.18 bits per heavy atom. The van der Waals surface area contributed by atoms with Crippen LogP contribution in [0, 0.1) is 0 Å². The van der Waals surface area contributed by atoms with Crippen LogP contribution in [0.2, 0.25) is 0 Å². The Bertz CT molecular complexity index is 382. The molecule has 0 unspecified atom stereocenters. The summed E-state index contributed by atoms with van der Waals surface area (Å²) in [5.74, 6) is 0.791. The Kier molecular flexibility index (Phi) is 4.52. The molecule has 0 heterocycles. The molecule has 0 amide bonds. The number of thiocarbonyl (C=S) groups is 1. The van der Waals surface area contributed by atoms with Gasteiger partial charge in [-0.2, -0.15) is 0 Å². The highest BCUT2D eigenvalue weighted by Gasteiger charge is 2.17. The minimum absolute atomic E-state index is 0.209. The maximum absolute atomic E-state index is 5.53. The lowest BCUT2D eigenvalue weighted by Crippen LogP contribution is -2.25. The topological polar surface area (TPSA) is 12.5 Å². The quantitative estimate of drug-likeness (QED) is 0.762. The van der Waals surface area contributed by atoms with Crippen LogP contribution < -0.4 is 4.74 Å². The predicted molar refractivity (Wildman–Crippen MR) is 76.7 cm³/mol. The molecule has 0 saturated carbocycles. The largest absolute Gasteiger partial charge is 0.432 e. The van der Waals surface area contributed by atoms with Gasteiger partial charge >= 0.3 is 0 Å². The van der Waals surface area contributed by atoms with E-state index in [2.05, 4.69) is 32.9 Å². The first-order valence-electron chi connectivity index (χ1n) is 5.86. The molecule has 1 aromatic carbocycles. The van der Waals surface area contributed by atoms with Crippen LogP contribution in [-0.4, -0.2) is 24.2 Å². The number of rotatable bonds is 3. The lowest BCUT2D eigenvalue weighted by Gasteiger charge is -2.23. The smallest absolute Gasteiger partial charge is 0.264 e. The number of hydrogen-bond donors (Lipinski definition) is 0. The molecule has 0 aliphatic heterocycles. The monoisotopic (exact) mass is 251 g/mol. The zero-order chi connectivity index (χ0) is 13.1. The second kappa shape index (κ2) is 5.50. The first-order valence-corrected chi connectivity index (χ1v) is 6.27. The Balaban J connectivity index is 2.79. The van der Waals surface area contributed by atoms with Crippen molar-refractivity contribution in [2.45, 2.75) is 32.6 Å². The van der Waals surface area contributed by atoms with E-state index in [0.717, 1.165) is 12.2 Å². The summed E-state index contributed by atoms with van der Waals surface area (Å²) in [4.78, 5) is 1.78. The van der Waals surface area contributed by atoms with Crippen molar-refractivity contribution in [1.82, 2.24) is 4.90 Å². The number of ether oxygens (including phenoxy) is 1. The molecule has 3 heteroatoms. The SMILES string of the molecule is CCC(C)(C)c1ccc(OC(=S)N(C)C)cc1. The highest BCUT2D eigenvalue weighted by atomic mass is 32.1. The maximum Gasteiger partial charge on any atom is 0.264 e. The van der Waals surface area contributed by atoms with Crippen molar-refractivity contribution in [1.29, 1.82) is 0 Å². The molecule has 0 aliphatic carbocycles. The van der Waals surface area contributed by atoms with E-state index in [-0.39, 0.29) is 5.41 Å². The van der Waals surface area contributed by atoms with E-state index < -0.39 is 0 Å². The Morgan fingerprint density at radius 1 is 1.24 bits per heavy atom. The van der Waals surface area contributed by atoms with E-state index in [0.29, 0.717) is 5.17 Å². The van der Waals surface area contributed by atoms with Gasteiger partial charge in [0.15, 0.2) is 0 Å². The average molecular weight is 251 g/mol. The van der Waals surface area contributed by atoms with Crippen molar-refractivity contribution in [2.75, 3.05) is 14.1 Å². The van der Waals surface area contributed by atoms with Crippen LogP contribution in [0.3, 0.4) is 0 Å². The summed E-state index contributed by atoms with van der Waals surface area (Å²) in [7, 11) is 3.74. The standard InChI is InChI=1S/C14H21NOS/c1-6-14(2,3)11-7-9-12(10-8-11)16-13(17)15(4)5/h7-10H,6H2,1-5H3. The van der Waals surface area contributed by atoms with Gasteiger partial charge in [-0.25, -0.2) is 0 Å². The molecule has 1 aromatic rings. The second-order valence-electron chi connectivity index (χ2n) is 5.02. The van der Waals surface area contributed by atoms with E-state index in [4.69, 9.17) is 17.0 Å².